The SMILES string of the molecule is C=CC(=O)OCCCCOC(=O)Oc1ccc(C(=O)Oc2ccc(C(=O)OC3CO[C@@H]4CCO[C@H]34)cc2)cc1. The molecule has 1 unspecified atom stereocenters. The second kappa shape index (κ2) is 13.5. The van der Waals surface area contributed by atoms with Gasteiger partial charge in [0.2, 0.25) is 0 Å². The zero-order valence-corrected chi connectivity index (χ0v) is 21.1. The Morgan fingerprint density at radius 1 is 0.821 bits per heavy atom. The third-order valence-corrected chi connectivity index (χ3v) is 5.94. The van der Waals surface area contributed by atoms with E-state index in [1.165, 1.54) is 48.5 Å². The Balaban J connectivity index is 1.18. The molecule has 2 aliphatic heterocycles. The quantitative estimate of drug-likeness (QED) is 0.103. The Bertz CT molecular complexity index is 1170. The Kier molecular flexibility index (Phi) is 9.65. The van der Waals surface area contributed by atoms with Crippen molar-refractivity contribution in [3.05, 3.63) is 72.3 Å². The highest BCUT2D eigenvalue weighted by atomic mass is 16.7. The molecular formula is C28H28O11. The Morgan fingerprint density at radius 2 is 1.44 bits per heavy atom. The van der Waals surface area contributed by atoms with Crippen LogP contribution >= 0.6 is 0 Å². The van der Waals surface area contributed by atoms with Gasteiger partial charge in [-0.25, -0.2) is 19.2 Å². The predicted molar refractivity (Wildman–Crippen MR) is 134 cm³/mol. The minimum Gasteiger partial charge on any atom is -0.463 e. The van der Waals surface area contributed by atoms with Crippen molar-refractivity contribution in [3.63, 3.8) is 0 Å². The second-order valence-electron chi connectivity index (χ2n) is 8.66. The van der Waals surface area contributed by atoms with Gasteiger partial charge in [-0.2, -0.15) is 0 Å². The van der Waals surface area contributed by atoms with E-state index in [1.54, 1.807) is 0 Å². The zero-order chi connectivity index (χ0) is 27.6. The van der Waals surface area contributed by atoms with E-state index in [1.807, 2.05) is 0 Å². The number of carbonyl (C=O) groups is 4. The van der Waals surface area contributed by atoms with Gasteiger partial charge in [0.25, 0.3) is 0 Å². The van der Waals surface area contributed by atoms with E-state index in [0.29, 0.717) is 31.6 Å². The number of esters is 3. The molecule has 0 N–H and O–H groups in total. The van der Waals surface area contributed by atoms with E-state index >= 15 is 0 Å². The van der Waals surface area contributed by atoms with Crippen molar-refractivity contribution >= 4 is 24.1 Å². The summed E-state index contributed by atoms with van der Waals surface area (Å²) in [7, 11) is 0. The van der Waals surface area contributed by atoms with Crippen molar-refractivity contribution in [2.24, 2.45) is 0 Å². The molecule has 2 fully saturated rings. The third kappa shape index (κ3) is 7.88. The topological polar surface area (TPSA) is 133 Å². The molecule has 11 heteroatoms. The molecule has 0 radical (unpaired) electrons. The summed E-state index contributed by atoms with van der Waals surface area (Å²) in [6.45, 7) is 4.48. The summed E-state index contributed by atoms with van der Waals surface area (Å²) in [5.41, 5.74) is 0.529. The fourth-order valence-corrected chi connectivity index (χ4v) is 3.94. The molecule has 0 bridgehead atoms. The molecule has 2 aromatic carbocycles. The lowest BCUT2D eigenvalue weighted by molar-refractivity contribution is -0.137. The Morgan fingerprint density at radius 3 is 2.10 bits per heavy atom. The summed E-state index contributed by atoms with van der Waals surface area (Å²) < 4.78 is 36.9. The van der Waals surface area contributed by atoms with Crippen molar-refractivity contribution < 1.29 is 52.3 Å². The van der Waals surface area contributed by atoms with E-state index < -0.39 is 30.2 Å². The number of fused-ring (bicyclic) bond motifs is 1. The van der Waals surface area contributed by atoms with E-state index in [0.717, 1.165) is 12.5 Å². The van der Waals surface area contributed by atoms with Gasteiger partial charge in [-0.1, -0.05) is 6.58 Å². The summed E-state index contributed by atoms with van der Waals surface area (Å²) in [6, 6.07) is 11.7. The average molecular weight is 541 g/mol. The molecule has 2 saturated heterocycles. The van der Waals surface area contributed by atoms with Gasteiger partial charge in [-0.05, 0) is 67.8 Å². The molecule has 0 aromatic heterocycles. The molecule has 3 atom stereocenters. The van der Waals surface area contributed by atoms with Crippen molar-refractivity contribution in [1.82, 2.24) is 0 Å². The average Bonchev–Trinajstić information content (AvgIpc) is 3.56. The van der Waals surface area contributed by atoms with E-state index in [2.05, 4.69) is 6.58 Å². The minimum absolute atomic E-state index is 0.0303. The maximum Gasteiger partial charge on any atom is 0.513 e. The smallest absolute Gasteiger partial charge is 0.463 e. The van der Waals surface area contributed by atoms with Gasteiger partial charge < -0.3 is 33.2 Å². The van der Waals surface area contributed by atoms with E-state index in [9.17, 15) is 19.2 Å². The second-order valence-corrected chi connectivity index (χ2v) is 8.66. The Hall–Kier alpha value is -4.22. The van der Waals surface area contributed by atoms with Crippen LogP contribution in [0.1, 0.15) is 40.0 Å². The monoisotopic (exact) mass is 540 g/mol. The first-order valence-corrected chi connectivity index (χ1v) is 12.4. The fourth-order valence-electron chi connectivity index (χ4n) is 3.94. The maximum absolute atomic E-state index is 12.5. The lowest BCUT2D eigenvalue weighted by Crippen LogP contribution is -2.32. The van der Waals surface area contributed by atoms with Gasteiger partial charge in [0.15, 0.2) is 6.10 Å². The van der Waals surface area contributed by atoms with Gasteiger partial charge in [0.05, 0.1) is 37.1 Å². The van der Waals surface area contributed by atoms with Crippen LogP contribution in [-0.2, 0) is 28.5 Å². The van der Waals surface area contributed by atoms with Gasteiger partial charge >= 0.3 is 24.1 Å². The highest BCUT2D eigenvalue weighted by molar-refractivity contribution is 5.92. The molecule has 206 valence electrons. The number of unbranched alkanes of at least 4 members (excludes halogenated alkanes) is 1. The van der Waals surface area contributed by atoms with Gasteiger partial charge in [-0.15, -0.1) is 0 Å². The molecule has 2 aromatic rings. The molecule has 0 saturated carbocycles. The molecule has 2 heterocycles. The van der Waals surface area contributed by atoms with Gasteiger partial charge in [-0.3, -0.25) is 0 Å². The number of hydrogen-bond acceptors (Lipinski definition) is 11. The van der Waals surface area contributed by atoms with Gasteiger partial charge in [0.1, 0.15) is 17.6 Å². The van der Waals surface area contributed by atoms with Crippen LogP contribution in [0.3, 0.4) is 0 Å². The molecule has 0 spiro atoms. The van der Waals surface area contributed by atoms with E-state index in [4.69, 9.17) is 33.2 Å². The normalized spacial score (nSPS) is 19.4. The highest BCUT2D eigenvalue weighted by Gasteiger charge is 2.44. The number of rotatable bonds is 11. The summed E-state index contributed by atoms with van der Waals surface area (Å²) in [5, 5.41) is 0. The molecular weight excluding hydrogens is 512 g/mol. The number of hydrogen-bond donors (Lipinski definition) is 0. The summed E-state index contributed by atoms with van der Waals surface area (Å²) in [4.78, 5) is 47.7. The van der Waals surface area contributed by atoms with Crippen LogP contribution in [0.2, 0.25) is 0 Å². The van der Waals surface area contributed by atoms with Crippen LogP contribution in [0.15, 0.2) is 61.2 Å². The first-order valence-electron chi connectivity index (χ1n) is 12.4. The number of carbonyl (C=O) groups excluding carboxylic acids is 4. The molecule has 0 aliphatic carbocycles. The third-order valence-electron chi connectivity index (χ3n) is 5.94. The van der Waals surface area contributed by atoms with Crippen LogP contribution in [0.5, 0.6) is 11.5 Å². The summed E-state index contributed by atoms with van der Waals surface area (Å²) in [5.74, 6) is -1.24. The van der Waals surface area contributed by atoms with Crippen molar-refractivity contribution in [1.29, 1.82) is 0 Å². The predicted octanol–water partition coefficient (Wildman–Crippen LogP) is 3.64. The number of ether oxygens (including phenoxy) is 7. The van der Waals surface area contributed by atoms with Gasteiger partial charge in [0, 0.05) is 12.7 Å². The molecule has 2 aliphatic rings. The molecule has 4 rings (SSSR count). The van der Waals surface area contributed by atoms with Crippen LogP contribution < -0.4 is 9.47 Å². The highest BCUT2D eigenvalue weighted by Crippen LogP contribution is 2.29. The Labute approximate surface area is 224 Å². The van der Waals surface area contributed by atoms with Crippen molar-refractivity contribution in [2.75, 3.05) is 26.4 Å². The molecule has 11 nitrogen and oxygen atoms in total. The fraction of sp³-hybridized carbons (Fsp3) is 0.357. The molecule has 0 amide bonds. The number of benzene rings is 2. The van der Waals surface area contributed by atoms with Crippen LogP contribution in [0.25, 0.3) is 0 Å². The lowest BCUT2D eigenvalue weighted by atomic mass is 10.1. The van der Waals surface area contributed by atoms with Crippen LogP contribution in [0.4, 0.5) is 4.79 Å². The minimum atomic E-state index is -0.900. The van der Waals surface area contributed by atoms with Crippen LogP contribution in [-0.4, -0.2) is 68.8 Å². The van der Waals surface area contributed by atoms with Crippen molar-refractivity contribution in [2.45, 2.75) is 37.6 Å². The largest absolute Gasteiger partial charge is 0.513 e. The van der Waals surface area contributed by atoms with Crippen molar-refractivity contribution in [3.8, 4) is 11.5 Å². The zero-order valence-electron chi connectivity index (χ0n) is 21.1. The first kappa shape index (κ1) is 27.8. The summed E-state index contributed by atoms with van der Waals surface area (Å²) in [6.07, 6.45) is 1.26. The van der Waals surface area contributed by atoms with Crippen LogP contribution in [0, 0.1) is 0 Å². The lowest BCUT2D eigenvalue weighted by Gasteiger charge is -2.16. The first-order chi connectivity index (χ1) is 18.9. The maximum atomic E-state index is 12.5. The van der Waals surface area contributed by atoms with E-state index in [-0.39, 0.29) is 42.5 Å². The summed E-state index contributed by atoms with van der Waals surface area (Å²) >= 11 is 0. The molecule has 39 heavy (non-hydrogen) atoms. The standard InChI is InChI=1S/C28H28O11/c1-2-24(29)33-14-3-4-15-35-28(32)38-21-11-7-18(8-12-21)26(30)37-20-9-5-19(6-10-20)27(31)39-23-17-36-22-13-16-34-25(22)23/h2,5-12,22-23,25H,1,3-4,13-17H2/t22-,23?,25+/m1/s1.